The van der Waals surface area contributed by atoms with Crippen LogP contribution < -0.4 is 5.32 Å². The van der Waals surface area contributed by atoms with Crippen LogP contribution in [0.3, 0.4) is 0 Å². The number of carbonyl (C=O) groups excluding carboxylic acids is 3. The van der Waals surface area contributed by atoms with Gasteiger partial charge >= 0.3 is 11.9 Å². The second kappa shape index (κ2) is 13.6. The van der Waals surface area contributed by atoms with Gasteiger partial charge in [0, 0.05) is 37.2 Å². The molecule has 0 aliphatic rings. The third-order valence-corrected chi connectivity index (χ3v) is 7.32. The third-order valence-electron chi connectivity index (χ3n) is 6.24. The molecule has 38 heavy (non-hydrogen) atoms. The maximum Gasteiger partial charge on any atom is 0.303 e. The van der Waals surface area contributed by atoms with Crippen LogP contribution in [0.4, 0.5) is 0 Å². The third kappa shape index (κ3) is 8.58. The zero-order chi connectivity index (χ0) is 27.7. The average molecular weight is 539 g/mol. The van der Waals surface area contributed by atoms with E-state index in [1.807, 2.05) is 48.5 Å². The molecule has 0 aliphatic carbocycles. The molecule has 1 heterocycles. The number of benzene rings is 2. The van der Waals surface area contributed by atoms with Crippen LogP contribution in [0.5, 0.6) is 0 Å². The fourth-order valence-corrected chi connectivity index (χ4v) is 5.02. The maximum atomic E-state index is 12.8. The predicted octanol–water partition coefficient (Wildman–Crippen LogP) is 4.27. The number of rotatable bonds is 15. The fraction of sp³-hybridized carbons (Fsp3) is 0.357. The molecule has 0 spiro atoms. The number of hydrogen-bond donors (Lipinski definition) is 3. The van der Waals surface area contributed by atoms with Gasteiger partial charge in [-0.25, -0.2) is 4.98 Å². The minimum absolute atomic E-state index is 0.00299. The standard InChI is InChI=1S/C28H30N2O7S/c1-17(31)20(11-14-26(34)35)16-23(32)21(12-15-27(36)37)29-25(33)13-8-18-6-9-19(10-7-18)28-30-22-4-2-3-5-24(22)38-28/h2-7,9-10,20-21H,8,11-16H2,1H3,(H,29,33)(H,34,35)(H,36,37)/t20-,21+/m1/s1. The van der Waals surface area contributed by atoms with Crippen LogP contribution in [0.25, 0.3) is 20.8 Å². The summed E-state index contributed by atoms with van der Waals surface area (Å²) in [6.07, 6.45) is -0.443. The van der Waals surface area contributed by atoms with Gasteiger partial charge in [0.25, 0.3) is 0 Å². The molecule has 0 unspecified atom stereocenters. The largest absolute Gasteiger partial charge is 0.481 e. The second-order valence-corrected chi connectivity index (χ2v) is 10.2. The number of ketones is 2. The molecule has 2 aromatic carbocycles. The number of hydrogen-bond acceptors (Lipinski definition) is 7. The first kappa shape index (κ1) is 28.6. The Labute approximate surface area is 223 Å². The second-order valence-electron chi connectivity index (χ2n) is 9.15. The van der Waals surface area contributed by atoms with Gasteiger partial charge in [-0.2, -0.15) is 0 Å². The van der Waals surface area contributed by atoms with E-state index in [2.05, 4.69) is 10.3 Å². The van der Waals surface area contributed by atoms with Crippen LogP contribution in [0.2, 0.25) is 0 Å². The molecule has 0 saturated heterocycles. The lowest BCUT2D eigenvalue weighted by molar-refractivity contribution is -0.139. The highest BCUT2D eigenvalue weighted by atomic mass is 32.1. The molecule has 3 aromatic rings. The Balaban J connectivity index is 1.58. The topological polar surface area (TPSA) is 151 Å². The van der Waals surface area contributed by atoms with Crippen molar-refractivity contribution in [3.63, 3.8) is 0 Å². The lowest BCUT2D eigenvalue weighted by Crippen LogP contribution is -2.42. The molecule has 0 fully saturated rings. The molecule has 0 saturated carbocycles. The van der Waals surface area contributed by atoms with Gasteiger partial charge in [-0.15, -0.1) is 11.3 Å². The predicted molar refractivity (Wildman–Crippen MR) is 143 cm³/mol. The van der Waals surface area contributed by atoms with Gasteiger partial charge in [0.15, 0.2) is 5.78 Å². The molecule has 10 heteroatoms. The molecule has 9 nitrogen and oxygen atoms in total. The SMILES string of the molecule is CC(=O)[C@H](CCC(=O)O)CC(=O)[C@H](CCC(=O)O)NC(=O)CCc1ccc(-c2nc3ccccc3s2)cc1. The molecule has 0 radical (unpaired) electrons. The number of carboxylic acid groups (broad SMARTS) is 2. The maximum absolute atomic E-state index is 12.8. The Hall–Kier alpha value is -3.92. The number of fused-ring (bicyclic) bond motifs is 1. The van der Waals surface area contributed by atoms with Crippen molar-refractivity contribution in [2.75, 3.05) is 0 Å². The molecule has 1 amide bonds. The van der Waals surface area contributed by atoms with E-state index in [4.69, 9.17) is 10.2 Å². The molecule has 3 N–H and O–H groups in total. The Morgan fingerprint density at radius 1 is 0.895 bits per heavy atom. The summed E-state index contributed by atoms with van der Waals surface area (Å²) in [7, 11) is 0. The minimum Gasteiger partial charge on any atom is -0.481 e. The number of thiazole rings is 1. The van der Waals surface area contributed by atoms with E-state index in [0.29, 0.717) is 6.42 Å². The summed E-state index contributed by atoms with van der Waals surface area (Å²) in [6, 6.07) is 14.6. The summed E-state index contributed by atoms with van der Waals surface area (Å²) in [4.78, 5) is 64.0. The van der Waals surface area contributed by atoms with Crippen molar-refractivity contribution in [2.45, 2.75) is 57.9 Å². The van der Waals surface area contributed by atoms with Gasteiger partial charge in [0.2, 0.25) is 5.91 Å². The summed E-state index contributed by atoms with van der Waals surface area (Å²) >= 11 is 1.60. The van der Waals surface area contributed by atoms with Crippen molar-refractivity contribution in [3.05, 3.63) is 54.1 Å². The fourth-order valence-electron chi connectivity index (χ4n) is 4.05. The number of aryl methyl sites for hydroxylation is 1. The monoisotopic (exact) mass is 538 g/mol. The summed E-state index contributed by atoms with van der Waals surface area (Å²) < 4.78 is 1.10. The van der Waals surface area contributed by atoms with E-state index in [-0.39, 0.29) is 44.3 Å². The first-order valence-corrected chi connectivity index (χ1v) is 13.1. The van der Waals surface area contributed by atoms with Gasteiger partial charge in [0.1, 0.15) is 10.8 Å². The number of Topliss-reactive ketones (excluding diaryl/α,β-unsaturated/α-hetero) is 2. The van der Waals surface area contributed by atoms with Crippen LogP contribution in [0.1, 0.15) is 51.0 Å². The normalized spacial score (nSPS) is 12.6. The van der Waals surface area contributed by atoms with Crippen molar-refractivity contribution in [1.29, 1.82) is 0 Å². The first-order valence-electron chi connectivity index (χ1n) is 12.3. The van der Waals surface area contributed by atoms with Crippen LogP contribution in [-0.2, 0) is 30.4 Å². The summed E-state index contributed by atoms with van der Waals surface area (Å²) in [5.74, 6) is -4.19. The first-order chi connectivity index (χ1) is 18.1. The zero-order valence-corrected chi connectivity index (χ0v) is 21.8. The lowest BCUT2D eigenvalue weighted by atomic mass is 9.90. The number of carboxylic acids is 2. The van der Waals surface area contributed by atoms with E-state index < -0.39 is 35.6 Å². The van der Waals surface area contributed by atoms with E-state index in [1.165, 1.54) is 6.92 Å². The Morgan fingerprint density at radius 3 is 2.18 bits per heavy atom. The van der Waals surface area contributed by atoms with E-state index in [0.717, 1.165) is 26.4 Å². The van der Waals surface area contributed by atoms with Crippen LogP contribution >= 0.6 is 11.3 Å². The molecular weight excluding hydrogens is 508 g/mol. The molecule has 200 valence electrons. The number of nitrogens with zero attached hydrogens (tertiary/aromatic N) is 1. The Bertz CT molecular complexity index is 1280. The smallest absolute Gasteiger partial charge is 0.303 e. The summed E-state index contributed by atoms with van der Waals surface area (Å²) in [6.45, 7) is 1.28. The zero-order valence-electron chi connectivity index (χ0n) is 21.0. The van der Waals surface area contributed by atoms with Crippen LogP contribution in [-0.4, -0.2) is 50.7 Å². The molecule has 0 bridgehead atoms. The quantitative estimate of drug-likeness (QED) is 0.259. The van der Waals surface area contributed by atoms with Crippen molar-refractivity contribution in [1.82, 2.24) is 10.3 Å². The van der Waals surface area contributed by atoms with E-state index >= 15 is 0 Å². The number of aromatic nitrogens is 1. The molecule has 0 aliphatic heterocycles. The number of amides is 1. The molecular formula is C28H30N2O7S. The summed E-state index contributed by atoms with van der Waals surface area (Å²) in [5, 5.41) is 21.5. The summed E-state index contributed by atoms with van der Waals surface area (Å²) in [5.41, 5.74) is 2.84. The van der Waals surface area contributed by atoms with Crippen molar-refractivity contribution >= 4 is 51.0 Å². The minimum atomic E-state index is -1.11. The van der Waals surface area contributed by atoms with Crippen molar-refractivity contribution < 1.29 is 34.2 Å². The van der Waals surface area contributed by atoms with Crippen LogP contribution in [0.15, 0.2) is 48.5 Å². The van der Waals surface area contributed by atoms with Gasteiger partial charge in [0.05, 0.1) is 16.3 Å². The number of aliphatic carboxylic acids is 2. The van der Waals surface area contributed by atoms with E-state index in [1.54, 1.807) is 11.3 Å². The highest BCUT2D eigenvalue weighted by molar-refractivity contribution is 7.21. The molecule has 3 rings (SSSR count). The Morgan fingerprint density at radius 2 is 1.55 bits per heavy atom. The number of nitrogens with one attached hydrogen (secondary N) is 1. The van der Waals surface area contributed by atoms with Crippen molar-refractivity contribution in [3.8, 4) is 10.6 Å². The van der Waals surface area contributed by atoms with Gasteiger partial charge in [-0.1, -0.05) is 36.4 Å². The van der Waals surface area contributed by atoms with Gasteiger partial charge in [-0.3, -0.25) is 24.0 Å². The van der Waals surface area contributed by atoms with Crippen molar-refractivity contribution in [2.24, 2.45) is 5.92 Å². The van der Waals surface area contributed by atoms with Crippen LogP contribution in [0, 0.1) is 5.92 Å². The van der Waals surface area contributed by atoms with E-state index in [9.17, 15) is 24.0 Å². The highest BCUT2D eigenvalue weighted by Gasteiger charge is 2.27. The lowest BCUT2D eigenvalue weighted by Gasteiger charge is -2.20. The molecule has 1 aromatic heterocycles. The number of carbonyl (C=O) groups is 5. The average Bonchev–Trinajstić information content (AvgIpc) is 3.32. The number of para-hydroxylation sites is 1. The highest BCUT2D eigenvalue weighted by Crippen LogP contribution is 2.30. The van der Waals surface area contributed by atoms with Gasteiger partial charge in [-0.05, 0) is 43.9 Å². The molecule has 2 atom stereocenters. The van der Waals surface area contributed by atoms with Gasteiger partial charge < -0.3 is 15.5 Å². The Kier molecular flexibility index (Phi) is 10.2.